The minimum atomic E-state index is -1.33. The molecule has 0 fully saturated rings. The number of allylic oxidation sites excluding steroid dienone is 2. The Bertz CT molecular complexity index is 280. The van der Waals surface area contributed by atoms with E-state index in [2.05, 4.69) is 31.9 Å². The van der Waals surface area contributed by atoms with E-state index in [0.717, 1.165) is 0 Å². The standard InChI is InChI=1S/C8H9Br2NO3/c9-5-6-14-7-3-1-2-4-8(7,10)11(12)13/h1-4,7H,5-6H2. The number of halogens is 2. The number of hydrogen-bond acceptors (Lipinski definition) is 3. The summed E-state index contributed by atoms with van der Waals surface area (Å²) >= 11 is 6.28. The number of nitro groups is 1. The number of rotatable bonds is 4. The summed E-state index contributed by atoms with van der Waals surface area (Å²) in [7, 11) is 0. The van der Waals surface area contributed by atoms with Crippen LogP contribution in [0, 0.1) is 10.1 Å². The molecule has 4 nitrogen and oxygen atoms in total. The first kappa shape index (κ1) is 11.9. The second-order valence-electron chi connectivity index (χ2n) is 2.71. The van der Waals surface area contributed by atoms with Gasteiger partial charge in [0.1, 0.15) is 0 Å². The molecule has 0 bridgehead atoms. The molecule has 14 heavy (non-hydrogen) atoms. The average molecular weight is 327 g/mol. The molecule has 0 spiro atoms. The average Bonchev–Trinajstić information content (AvgIpc) is 2.16. The van der Waals surface area contributed by atoms with Gasteiger partial charge in [0.05, 0.1) is 6.61 Å². The summed E-state index contributed by atoms with van der Waals surface area (Å²) in [5, 5.41) is 11.5. The molecule has 0 N–H and O–H groups in total. The van der Waals surface area contributed by atoms with Gasteiger partial charge in [-0.1, -0.05) is 28.1 Å². The first-order chi connectivity index (χ1) is 6.61. The fraction of sp³-hybridized carbons (Fsp3) is 0.500. The third kappa shape index (κ3) is 2.43. The molecule has 0 aromatic heterocycles. The number of nitrogens with zero attached hydrogens (tertiary/aromatic N) is 1. The Morgan fingerprint density at radius 1 is 1.57 bits per heavy atom. The quantitative estimate of drug-likeness (QED) is 0.344. The lowest BCUT2D eigenvalue weighted by Crippen LogP contribution is -2.43. The highest BCUT2D eigenvalue weighted by atomic mass is 79.9. The summed E-state index contributed by atoms with van der Waals surface area (Å²) in [5.41, 5.74) is 0. The molecule has 0 saturated heterocycles. The van der Waals surface area contributed by atoms with Crippen molar-refractivity contribution in [3.63, 3.8) is 0 Å². The summed E-state index contributed by atoms with van der Waals surface area (Å²) in [4.78, 5) is 10.4. The van der Waals surface area contributed by atoms with E-state index >= 15 is 0 Å². The van der Waals surface area contributed by atoms with Gasteiger partial charge < -0.3 is 4.74 Å². The Morgan fingerprint density at radius 2 is 2.29 bits per heavy atom. The van der Waals surface area contributed by atoms with Crippen molar-refractivity contribution in [1.82, 2.24) is 0 Å². The zero-order valence-corrected chi connectivity index (χ0v) is 10.4. The highest BCUT2D eigenvalue weighted by Crippen LogP contribution is 2.31. The number of hydrogen-bond donors (Lipinski definition) is 0. The minimum Gasteiger partial charge on any atom is -0.364 e. The first-order valence-electron chi connectivity index (χ1n) is 3.98. The summed E-state index contributed by atoms with van der Waals surface area (Å²) in [6.07, 6.45) is 5.94. The number of alkyl halides is 2. The third-order valence-electron chi connectivity index (χ3n) is 1.78. The van der Waals surface area contributed by atoms with Gasteiger partial charge in [0.15, 0.2) is 6.10 Å². The topological polar surface area (TPSA) is 52.4 Å². The van der Waals surface area contributed by atoms with Crippen LogP contribution in [0.15, 0.2) is 24.3 Å². The first-order valence-corrected chi connectivity index (χ1v) is 5.89. The maximum absolute atomic E-state index is 10.8. The summed E-state index contributed by atoms with van der Waals surface area (Å²) in [6.45, 7) is 0.435. The molecule has 1 rings (SSSR count). The van der Waals surface area contributed by atoms with E-state index in [1.807, 2.05) is 0 Å². The molecule has 2 atom stereocenters. The van der Waals surface area contributed by atoms with Crippen LogP contribution in [0.2, 0.25) is 0 Å². The molecule has 0 amide bonds. The van der Waals surface area contributed by atoms with Gasteiger partial charge in [-0.15, -0.1) is 0 Å². The van der Waals surface area contributed by atoms with E-state index in [1.165, 1.54) is 6.08 Å². The zero-order valence-electron chi connectivity index (χ0n) is 7.23. The SMILES string of the molecule is O=[N+]([O-])C1(Br)C=CC=CC1OCCBr. The fourth-order valence-corrected chi connectivity index (χ4v) is 1.72. The van der Waals surface area contributed by atoms with Crippen LogP contribution in [-0.4, -0.2) is 27.4 Å². The molecule has 6 heteroatoms. The molecule has 78 valence electrons. The Balaban J connectivity index is 2.76. The van der Waals surface area contributed by atoms with Crippen molar-refractivity contribution >= 4 is 31.9 Å². The Kier molecular flexibility index (Phi) is 4.28. The van der Waals surface area contributed by atoms with Gasteiger partial charge >= 0.3 is 4.45 Å². The molecule has 1 aliphatic carbocycles. The molecule has 0 heterocycles. The van der Waals surface area contributed by atoms with Gasteiger partial charge in [0.25, 0.3) is 0 Å². The van der Waals surface area contributed by atoms with Crippen LogP contribution in [0.3, 0.4) is 0 Å². The molecular formula is C8H9Br2NO3. The molecule has 0 saturated carbocycles. The Labute approximate surface area is 98.4 Å². The summed E-state index contributed by atoms with van der Waals surface area (Å²) < 4.78 is 4.01. The predicted octanol–water partition coefficient (Wildman–Crippen LogP) is 2.26. The van der Waals surface area contributed by atoms with Gasteiger partial charge in [-0.3, -0.25) is 10.1 Å². The van der Waals surface area contributed by atoms with E-state index in [4.69, 9.17) is 4.74 Å². The molecule has 0 aliphatic heterocycles. The predicted molar refractivity (Wildman–Crippen MR) is 60.5 cm³/mol. The maximum atomic E-state index is 10.8. The molecular weight excluding hydrogens is 318 g/mol. The van der Waals surface area contributed by atoms with Crippen molar-refractivity contribution in [1.29, 1.82) is 0 Å². The van der Waals surface area contributed by atoms with Gasteiger partial charge in [0.2, 0.25) is 0 Å². The van der Waals surface area contributed by atoms with Crippen LogP contribution in [0.5, 0.6) is 0 Å². The van der Waals surface area contributed by atoms with Crippen LogP contribution in [0.25, 0.3) is 0 Å². The van der Waals surface area contributed by atoms with Crippen LogP contribution in [0.1, 0.15) is 0 Å². The van der Waals surface area contributed by atoms with Gasteiger partial charge in [0, 0.05) is 32.3 Å². The number of ether oxygens (including phenoxy) is 1. The minimum absolute atomic E-state index is 0.397. The maximum Gasteiger partial charge on any atom is 0.322 e. The molecule has 0 aromatic rings. The lowest BCUT2D eigenvalue weighted by atomic mass is 10.1. The van der Waals surface area contributed by atoms with Crippen LogP contribution >= 0.6 is 31.9 Å². The van der Waals surface area contributed by atoms with Crippen LogP contribution in [-0.2, 0) is 4.74 Å². The lowest BCUT2D eigenvalue weighted by molar-refractivity contribution is -0.532. The highest BCUT2D eigenvalue weighted by Gasteiger charge is 2.46. The largest absolute Gasteiger partial charge is 0.364 e. The lowest BCUT2D eigenvalue weighted by Gasteiger charge is -2.24. The van der Waals surface area contributed by atoms with E-state index in [0.29, 0.717) is 11.9 Å². The fourth-order valence-electron chi connectivity index (χ4n) is 1.09. The Hall–Kier alpha value is -0.200. The van der Waals surface area contributed by atoms with E-state index < -0.39 is 15.5 Å². The van der Waals surface area contributed by atoms with E-state index in [-0.39, 0.29) is 0 Å². The van der Waals surface area contributed by atoms with Gasteiger partial charge in [-0.25, -0.2) is 0 Å². The van der Waals surface area contributed by atoms with Crippen molar-refractivity contribution in [2.24, 2.45) is 0 Å². The van der Waals surface area contributed by atoms with Crippen molar-refractivity contribution in [2.45, 2.75) is 10.6 Å². The second-order valence-corrected chi connectivity index (χ2v) is 4.77. The molecule has 1 aliphatic rings. The van der Waals surface area contributed by atoms with Crippen LogP contribution in [0.4, 0.5) is 0 Å². The second kappa shape index (κ2) is 5.04. The van der Waals surface area contributed by atoms with Crippen molar-refractivity contribution in [3.05, 3.63) is 34.4 Å². The van der Waals surface area contributed by atoms with Crippen LogP contribution < -0.4 is 0 Å². The van der Waals surface area contributed by atoms with Gasteiger partial charge in [-0.05, 0) is 6.08 Å². The summed E-state index contributed by atoms with van der Waals surface area (Å²) in [5.74, 6) is 0. The third-order valence-corrected chi connectivity index (χ3v) is 3.11. The van der Waals surface area contributed by atoms with Crippen molar-refractivity contribution < 1.29 is 9.66 Å². The molecule has 0 aromatic carbocycles. The van der Waals surface area contributed by atoms with Crippen molar-refractivity contribution in [3.8, 4) is 0 Å². The van der Waals surface area contributed by atoms with E-state index in [1.54, 1.807) is 18.2 Å². The van der Waals surface area contributed by atoms with Crippen molar-refractivity contribution in [2.75, 3.05) is 11.9 Å². The normalized spacial score (nSPS) is 30.6. The van der Waals surface area contributed by atoms with Gasteiger partial charge in [-0.2, -0.15) is 0 Å². The zero-order chi connectivity index (χ0) is 10.6. The van der Waals surface area contributed by atoms with E-state index in [9.17, 15) is 10.1 Å². The monoisotopic (exact) mass is 325 g/mol. The molecule has 2 unspecified atom stereocenters. The Morgan fingerprint density at radius 3 is 2.86 bits per heavy atom. The summed E-state index contributed by atoms with van der Waals surface area (Å²) in [6, 6.07) is 0. The smallest absolute Gasteiger partial charge is 0.322 e. The molecule has 0 radical (unpaired) electrons. The highest BCUT2D eigenvalue weighted by molar-refractivity contribution is 9.10.